The Bertz CT molecular complexity index is 662. The number of benzene rings is 1. The summed E-state index contributed by atoms with van der Waals surface area (Å²) in [5.41, 5.74) is 4.17. The number of rotatable bonds is 6. The molecule has 1 aliphatic heterocycles. The van der Waals surface area contributed by atoms with Gasteiger partial charge in [-0.2, -0.15) is 0 Å². The first-order chi connectivity index (χ1) is 12.6. The van der Waals surface area contributed by atoms with Crippen molar-refractivity contribution < 1.29 is 4.79 Å². The number of hydrogen-bond donors (Lipinski definition) is 0. The Balaban J connectivity index is 1.54. The molecule has 0 atom stereocenters. The Morgan fingerprint density at radius 1 is 1.31 bits per heavy atom. The quantitative estimate of drug-likeness (QED) is 0.689. The molecule has 4 heteroatoms. The van der Waals surface area contributed by atoms with Gasteiger partial charge in [0, 0.05) is 24.0 Å². The average molecular weight is 373 g/mol. The number of carbonyl (C=O) groups is 1. The zero-order chi connectivity index (χ0) is 18.5. The summed E-state index contributed by atoms with van der Waals surface area (Å²) in [6.07, 6.45) is 7.99. The molecule has 0 unspecified atom stereocenters. The highest BCUT2D eigenvalue weighted by Gasteiger charge is 2.25. The van der Waals surface area contributed by atoms with Crippen LogP contribution in [-0.4, -0.2) is 54.2 Å². The van der Waals surface area contributed by atoms with Gasteiger partial charge in [-0.3, -0.25) is 4.79 Å². The molecule has 0 aromatic heterocycles. The van der Waals surface area contributed by atoms with Crippen LogP contribution in [0.4, 0.5) is 0 Å². The smallest absolute Gasteiger partial charge is 0.232 e. The maximum Gasteiger partial charge on any atom is 0.232 e. The number of amides is 1. The van der Waals surface area contributed by atoms with Crippen LogP contribution in [0.1, 0.15) is 50.7 Å². The van der Waals surface area contributed by atoms with Gasteiger partial charge in [0.2, 0.25) is 5.91 Å². The van der Waals surface area contributed by atoms with Crippen LogP contribution in [-0.2, 0) is 11.2 Å². The molecule has 26 heavy (non-hydrogen) atoms. The number of fused-ring (bicyclic) bond motifs is 1. The van der Waals surface area contributed by atoms with Gasteiger partial charge >= 0.3 is 0 Å². The molecule has 0 bridgehead atoms. The minimum atomic E-state index is 0.293. The Morgan fingerprint density at radius 2 is 2.08 bits per heavy atom. The minimum Gasteiger partial charge on any atom is -0.342 e. The molecule has 0 spiro atoms. The molecular weight excluding hydrogens is 340 g/mol. The maximum atomic E-state index is 12.7. The Hall–Kier alpha value is -1.26. The fraction of sp³-hybridized carbons (Fsp3) is 0.591. The molecule has 1 saturated heterocycles. The molecule has 142 valence electrons. The number of carbonyl (C=O) groups excluding carboxylic acids is 1. The summed E-state index contributed by atoms with van der Waals surface area (Å²) in [6, 6.07) is 7.18. The van der Waals surface area contributed by atoms with Crippen molar-refractivity contribution >= 4 is 23.2 Å². The number of hydrogen-bond acceptors (Lipinski definition) is 3. The summed E-state index contributed by atoms with van der Waals surface area (Å²) < 4.78 is 0. The van der Waals surface area contributed by atoms with E-state index in [9.17, 15) is 4.79 Å². The lowest BCUT2D eigenvalue weighted by atomic mass is 9.92. The van der Waals surface area contributed by atoms with E-state index in [0.29, 0.717) is 17.7 Å². The van der Waals surface area contributed by atoms with Crippen molar-refractivity contribution in [3.8, 4) is 0 Å². The first-order valence-corrected chi connectivity index (χ1v) is 11.0. The first-order valence-electron chi connectivity index (χ1n) is 10.00. The van der Waals surface area contributed by atoms with Crippen LogP contribution in [0.15, 0.2) is 29.2 Å². The Labute approximate surface area is 162 Å². The van der Waals surface area contributed by atoms with Crippen molar-refractivity contribution in [2.75, 3.05) is 32.4 Å². The van der Waals surface area contributed by atoms with Gasteiger partial charge < -0.3 is 9.80 Å². The van der Waals surface area contributed by atoms with Crippen LogP contribution in [0.3, 0.4) is 0 Å². The van der Waals surface area contributed by atoms with E-state index in [4.69, 9.17) is 0 Å². The number of allylic oxidation sites excluding steroid dienone is 2. The number of thioether (sulfide) groups is 1. The summed E-state index contributed by atoms with van der Waals surface area (Å²) in [5.74, 6) is 0.848. The highest BCUT2D eigenvalue weighted by Crippen LogP contribution is 2.35. The molecule has 0 N–H and O–H groups in total. The standard InChI is InChI=1S/C22H32N2OS/c1-4-13-23(3)19-11-14-24(15-12-19)21(25)16-26-20-10-6-9-18-8-5-7-17(2)22(18)20/h6-7,9-10,19H,4-5,8,11-16H2,1-3H3. The number of piperidine rings is 1. The van der Waals surface area contributed by atoms with E-state index in [2.05, 4.69) is 55.0 Å². The van der Waals surface area contributed by atoms with Crippen LogP contribution in [0, 0.1) is 0 Å². The third kappa shape index (κ3) is 4.52. The van der Waals surface area contributed by atoms with Gasteiger partial charge in [0.15, 0.2) is 0 Å². The third-order valence-corrected chi connectivity index (χ3v) is 6.78. The maximum absolute atomic E-state index is 12.7. The van der Waals surface area contributed by atoms with Crippen molar-refractivity contribution in [3.05, 3.63) is 35.4 Å². The monoisotopic (exact) mass is 372 g/mol. The lowest BCUT2D eigenvalue weighted by molar-refractivity contribution is -0.129. The van der Waals surface area contributed by atoms with E-state index in [0.717, 1.165) is 45.3 Å². The lowest BCUT2D eigenvalue weighted by Gasteiger charge is -2.36. The fourth-order valence-electron chi connectivity index (χ4n) is 4.22. The van der Waals surface area contributed by atoms with Crippen LogP contribution in [0.5, 0.6) is 0 Å². The van der Waals surface area contributed by atoms with Gasteiger partial charge in [0.25, 0.3) is 0 Å². The number of aryl methyl sites for hydroxylation is 1. The van der Waals surface area contributed by atoms with E-state index in [1.54, 1.807) is 11.8 Å². The van der Waals surface area contributed by atoms with Gasteiger partial charge in [0.1, 0.15) is 0 Å². The summed E-state index contributed by atoms with van der Waals surface area (Å²) in [6.45, 7) is 7.39. The zero-order valence-corrected chi connectivity index (χ0v) is 17.3. The molecule has 1 heterocycles. The predicted octanol–water partition coefficient (Wildman–Crippen LogP) is 4.46. The van der Waals surface area contributed by atoms with Crippen molar-refractivity contribution in [2.45, 2.75) is 56.9 Å². The topological polar surface area (TPSA) is 23.6 Å². The van der Waals surface area contributed by atoms with Crippen molar-refractivity contribution in [3.63, 3.8) is 0 Å². The van der Waals surface area contributed by atoms with Crippen LogP contribution in [0.2, 0.25) is 0 Å². The Kier molecular flexibility index (Phi) is 6.82. The number of nitrogens with zero attached hydrogens (tertiary/aromatic N) is 2. The van der Waals surface area contributed by atoms with Crippen molar-refractivity contribution in [1.29, 1.82) is 0 Å². The van der Waals surface area contributed by atoms with Gasteiger partial charge in [-0.25, -0.2) is 0 Å². The first kappa shape index (κ1) is 19.5. The molecule has 2 aliphatic rings. The van der Waals surface area contributed by atoms with E-state index in [1.807, 2.05) is 0 Å². The lowest BCUT2D eigenvalue weighted by Crippen LogP contribution is -2.46. The molecule has 3 rings (SSSR count). The van der Waals surface area contributed by atoms with Gasteiger partial charge in [0.05, 0.1) is 5.75 Å². The normalized spacial score (nSPS) is 18.0. The Morgan fingerprint density at radius 3 is 2.81 bits per heavy atom. The van der Waals surface area contributed by atoms with Crippen LogP contribution < -0.4 is 0 Å². The SMILES string of the molecule is CCCN(C)C1CCN(C(=O)CSc2cccc3c2C(C)=CCC3)CC1. The molecular formula is C22H32N2OS. The molecule has 1 aromatic rings. The van der Waals surface area contributed by atoms with Crippen molar-refractivity contribution in [1.82, 2.24) is 9.80 Å². The second-order valence-corrected chi connectivity index (χ2v) is 8.61. The van der Waals surface area contributed by atoms with Crippen molar-refractivity contribution in [2.24, 2.45) is 0 Å². The second-order valence-electron chi connectivity index (χ2n) is 7.60. The van der Waals surface area contributed by atoms with Crippen LogP contribution >= 0.6 is 11.8 Å². The van der Waals surface area contributed by atoms with Crippen LogP contribution in [0.25, 0.3) is 5.57 Å². The molecule has 0 radical (unpaired) electrons. The van der Waals surface area contributed by atoms with Gasteiger partial charge in [-0.15, -0.1) is 11.8 Å². The van der Waals surface area contributed by atoms with Gasteiger partial charge in [-0.1, -0.05) is 25.1 Å². The zero-order valence-electron chi connectivity index (χ0n) is 16.5. The fourth-order valence-corrected chi connectivity index (χ4v) is 5.29. The van der Waals surface area contributed by atoms with E-state index in [1.165, 1.54) is 28.0 Å². The molecule has 1 aliphatic carbocycles. The third-order valence-electron chi connectivity index (χ3n) is 5.74. The molecule has 3 nitrogen and oxygen atoms in total. The molecule has 1 aromatic carbocycles. The average Bonchev–Trinajstić information content (AvgIpc) is 2.66. The van der Waals surface area contributed by atoms with Gasteiger partial charge in [-0.05, 0) is 75.4 Å². The second kappa shape index (κ2) is 9.09. The molecule has 1 amide bonds. The highest BCUT2D eigenvalue weighted by atomic mass is 32.2. The summed E-state index contributed by atoms with van der Waals surface area (Å²) in [5, 5.41) is 0. The largest absolute Gasteiger partial charge is 0.342 e. The molecule has 1 fully saturated rings. The predicted molar refractivity (Wildman–Crippen MR) is 112 cm³/mol. The number of likely N-dealkylation sites (tertiary alicyclic amines) is 1. The minimum absolute atomic E-state index is 0.293. The summed E-state index contributed by atoms with van der Waals surface area (Å²) in [4.78, 5) is 18.5. The van der Waals surface area contributed by atoms with E-state index < -0.39 is 0 Å². The van der Waals surface area contributed by atoms with E-state index >= 15 is 0 Å². The summed E-state index contributed by atoms with van der Waals surface area (Å²) >= 11 is 1.71. The van der Waals surface area contributed by atoms with E-state index in [-0.39, 0.29) is 0 Å². The highest BCUT2D eigenvalue weighted by molar-refractivity contribution is 8.00. The molecule has 0 saturated carbocycles. The summed E-state index contributed by atoms with van der Waals surface area (Å²) in [7, 11) is 2.22.